The molecule has 6 aliphatic carbocycles. The second-order valence-electron chi connectivity index (χ2n) is 21.0. The Hall–Kier alpha value is -1.96. The van der Waals surface area contributed by atoms with E-state index in [-0.39, 0.29) is 30.2 Å². The molecule has 0 spiro atoms. The molecule has 0 heterocycles. The smallest absolute Gasteiger partial charge is 0.147 e. The Morgan fingerprint density at radius 3 is 1.64 bits per heavy atom. The van der Waals surface area contributed by atoms with Crippen LogP contribution in [0.25, 0.3) is 34.4 Å². The van der Waals surface area contributed by atoms with E-state index in [0.717, 1.165) is 24.2 Å². The molecule has 3 unspecified atom stereocenters. The first-order chi connectivity index (χ1) is 25.7. The summed E-state index contributed by atoms with van der Waals surface area (Å²) in [7, 11) is 0. The van der Waals surface area contributed by atoms with Crippen molar-refractivity contribution in [1.29, 1.82) is 0 Å². The molecule has 0 aromatic heterocycles. The summed E-state index contributed by atoms with van der Waals surface area (Å²) < 4.78 is 6.72. The third kappa shape index (κ3) is 6.82. The summed E-state index contributed by atoms with van der Waals surface area (Å²) in [6.07, 6.45) is 16.5. The average molecular weight is 881 g/mol. The van der Waals surface area contributed by atoms with Crippen molar-refractivity contribution >= 4 is 43.8 Å². The molecule has 0 aliphatic heterocycles. The van der Waals surface area contributed by atoms with Crippen LogP contribution in [0.1, 0.15) is 134 Å². The first kappa shape index (κ1) is 42.2. The summed E-state index contributed by atoms with van der Waals surface area (Å²) in [4.78, 5) is 0. The second-order valence-corrected chi connectivity index (χ2v) is 51.5. The Kier molecular flexibility index (Phi) is 11.3. The fourth-order valence-electron chi connectivity index (χ4n) is 13.3. The van der Waals surface area contributed by atoms with Gasteiger partial charge in [0.25, 0.3) is 0 Å². The molecule has 0 amide bonds. The van der Waals surface area contributed by atoms with E-state index >= 15 is 0 Å². The Balaban J connectivity index is 0.00000240. The monoisotopic (exact) mass is 878 g/mol. The van der Waals surface area contributed by atoms with Crippen LogP contribution in [-0.2, 0) is 28.2 Å². The van der Waals surface area contributed by atoms with Crippen molar-refractivity contribution in [1.82, 2.24) is 0 Å². The molecular weight excluding hydrogens is 815 g/mol. The number of benzene rings is 4. The van der Waals surface area contributed by atoms with Gasteiger partial charge in [-0.3, -0.25) is 0 Å². The van der Waals surface area contributed by atoms with Crippen molar-refractivity contribution in [3.05, 3.63) is 129 Å². The van der Waals surface area contributed by atoms with Gasteiger partial charge in [0.05, 0.1) is 0 Å². The van der Waals surface area contributed by atoms with Gasteiger partial charge in [0.15, 0.2) is 0 Å². The van der Waals surface area contributed by atoms with Crippen molar-refractivity contribution in [2.75, 3.05) is 0 Å². The Morgan fingerprint density at radius 2 is 1.16 bits per heavy atom. The molecule has 296 valence electrons. The molecule has 56 heavy (non-hydrogen) atoms. The molecule has 0 nitrogen and oxygen atoms in total. The maximum absolute atomic E-state index is 3.76. The van der Waals surface area contributed by atoms with Crippen molar-refractivity contribution in [3.63, 3.8) is 0 Å². The first-order valence-electron chi connectivity index (χ1n) is 21.6. The summed E-state index contributed by atoms with van der Waals surface area (Å²) in [6, 6.07) is 34.2. The summed E-state index contributed by atoms with van der Waals surface area (Å²) in [5.74, 6) is 3.50. The van der Waals surface area contributed by atoms with Gasteiger partial charge in [-0.1, -0.05) is 0 Å². The van der Waals surface area contributed by atoms with Gasteiger partial charge in [-0.25, -0.2) is 0 Å². The third-order valence-corrected chi connectivity index (χ3v) is 33.1. The van der Waals surface area contributed by atoms with Gasteiger partial charge >= 0.3 is 332 Å². The zero-order chi connectivity index (χ0) is 37.8. The van der Waals surface area contributed by atoms with Crippen LogP contribution in [0.4, 0.5) is 0 Å². The van der Waals surface area contributed by atoms with E-state index in [1.165, 1.54) is 83.9 Å². The van der Waals surface area contributed by atoms with Crippen molar-refractivity contribution < 1.29 is 17.4 Å². The summed E-state index contributed by atoms with van der Waals surface area (Å²) in [6.45, 7) is 16.8. The number of allylic oxidation sites excluding steroid dienone is 2. The summed E-state index contributed by atoms with van der Waals surface area (Å²) >= 11 is -3.76. The molecule has 3 atom stereocenters. The predicted octanol–water partition coefficient (Wildman–Crippen LogP) is 15.0. The minimum atomic E-state index is -3.76. The average Bonchev–Trinajstić information content (AvgIpc) is 3.75. The van der Waals surface area contributed by atoms with Crippen LogP contribution in [0.2, 0.25) is 9.26 Å². The Labute approximate surface area is 354 Å². The van der Waals surface area contributed by atoms with Crippen LogP contribution in [-0.4, -0.2) is 6.88 Å². The number of rotatable bonds is 8. The number of halogens is 2. The van der Waals surface area contributed by atoms with Gasteiger partial charge in [-0.15, -0.1) is 24.8 Å². The van der Waals surface area contributed by atoms with Crippen LogP contribution in [0.5, 0.6) is 0 Å². The molecule has 0 radical (unpaired) electrons. The maximum Gasteiger partial charge on any atom is -0.147 e. The van der Waals surface area contributed by atoms with E-state index in [9.17, 15) is 0 Å². The largest absolute Gasteiger partial charge is 0.147 e. The molecule has 4 aromatic carbocycles. The molecule has 4 aromatic rings. The number of fused-ring (bicyclic) bond motifs is 2. The molecule has 4 saturated carbocycles. The van der Waals surface area contributed by atoms with Crippen LogP contribution in [0, 0.1) is 23.7 Å². The molecule has 4 bridgehead atoms. The van der Waals surface area contributed by atoms with E-state index < -0.39 is 17.4 Å². The topological polar surface area (TPSA) is 0 Å². The molecule has 0 saturated heterocycles. The minimum Gasteiger partial charge on any atom is -0.147 e. The minimum absolute atomic E-state index is 0. The second kappa shape index (κ2) is 14.9. The van der Waals surface area contributed by atoms with Crippen LogP contribution in [0.3, 0.4) is 0 Å². The van der Waals surface area contributed by atoms with Crippen LogP contribution >= 0.6 is 24.8 Å². The van der Waals surface area contributed by atoms with Crippen LogP contribution < -0.4 is 0 Å². The Morgan fingerprint density at radius 1 is 0.679 bits per heavy atom. The summed E-state index contributed by atoms with van der Waals surface area (Å²) in [5.41, 5.74) is 18.9. The Bertz CT molecular complexity index is 2230. The quantitative estimate of drug-likeness (QED) is 0.155. The SMILES string of the molecule is CCC1=Cc2c(-c3ccc(C45CC6CC(CC(C6)C4)C5)cc3)cccc2[CH]1[Zr]([CH3])([CH3])(=[SiH2])[CH]1C(C(C)CC)=Cc2c(-c3ccc(C(C)(C)C)cc3)cccc21.Cl.Cl. The third-order valence-electron chi connectivity index (χ3n) is 15.6. The zero-order valence-corrected chi connectivity index (χ0v) is 40.9. The molecule has 0 N–H and O–H groups in total. The molecule has 4 heteroatoms. The van der Waals surface area contributed by atoms with Crippen LogP contribution in [0.15, 0.2) is 96.1 Å². The van der Waals surface area contributed by atoms with E-state index in [2.05, 4.69) is 155 Å². The van der Waals surface area contributed by atoms with Crippen molar-refractivity contribution in [2.45, 2.75) is 120 Å². The first-order valence-corrected chi connectivity index (χ1v) is 35.3. The van der Waals surface area contributed by atoms with E-state index in [1.54, 1.807) is 27.8 Å². The van der Waals surface area contributed by atoms with Gasteiger partial charge in [0.1, 0.15) is 0 Å². The number of hydrogen-bond donors (Lipinski definition) is 0. The van der Waals surface area contributed by atoms with Gasteiger partial charge in [-0.2, -0.15) is 0 Å². The van der Waals surface area contributed by atoms with Crippen molar-refractivity contribution in [2.24, 2.45) is 23.7 Å². The normalized spacial score (nSPS) is 26.8. The molecule has 10 rings (SSSR count). The van der Waals surface area contributed by atoms with Gasteiger partial charge in [0.2, 0.25) is 0 Å². The van der Waals surface area contributed by atoms with E-state index in [1.807, 2.05) is 0 Å². The fourth-order valence-corrected chi connectivity index (χ4v) is 33.2. The van der Waals surface area contributed by atoms with E-state index in [4.69, 9.17) is 0 Å². The summed E-state index contributed by atoms with van der Waals surface area (Å²) in [5, 5.41) is 0. The van der Waals surface area contributed by atoms with E-state index in [0.29, 0.717) is 18.6 Å². The maximum atomic E-state index is 2.83. The van der Waals surface area contributed by atoms with Gasteiger partial charge in [-0.05, 0) is 0 Å². The number of hydrogen-bond acceptors (Lipinski definition) is 0. The molecule has 6 aliphatic rings. The van der Waals surface area contributed by atoms with Gasteiger partial charge in [0, 0.05) is 0 Å². The zero-order valence-electron chi connectivity index (χ0n) is 35.4. The molecular formula is C52H66Cl2SiZr. The van der Waals surface area contributed by atoms with Gasteiger partial charge < -0.3 is 0 Å². The standard InChI is InChI=1S/C27H29.C23H27.2CH3.2ClH.H2Si.Zr/c1-2-18-13-23-4-3-5-25(26(23)14-18)22-6-8-24(9-7-22)27-15-19-10-20(16-27)12-21(11-19)17-27;1-6-16(2)19-14-18-8-7-9-21(22(18)15-19)17-10-12-20(13-11-17)23(3,4)5;;;;;;/h3-9,13-14,19-21H,2,10-12,15-17H2,1H3;7-16H,6H2,1-5H3;2*1H3;2*1H;1H2;. The van der Waals surface area contributed by atoms with Crippen molar-refractivity contribution in [3.8, 4) is 22.3 Å². The fraction of sp³-hybridized carbons (Fsp3) is 0.462. The predicted molar refractivity (Wildman–Crippen MR) is 248 cm³/mol. The molecule has 4 fully saturated rings.